The maximum Gasteiger partial charge on any atom is 0.219 e. The molecule has 0 rings (SSSR count). The molecule has 68 valence electrons. The third-order valence-corrected chi connectivity index (χ3v) is 1.39. The highest BCUT2D eigenvalue weighted by Crippen LogP contribution is 1.86. The van der Waals surface area contributed by atoms with E-state index in [0.29, 0.717) is 13.1 Å². The quantitative estimate of drug-likeness (QED) is 0.452. The van der Waals surface area contributed by atoms with Crippen LogP contribution in [-0.2, 0) is 4.79 Å². The van der Waals surface area contributed by atoms with Crippen molar-refractivity contribution in [2.24, 2.45) is 11.5 Å². The third kappa shape index (κ3) is 5.71. The molecular formula is C8H15N3O. The van der Waals surface area contributed by atoms with Gasteiger partial charge in [-0.2, -0.15) is 0 Å². The Kier molecular flexibility index (Phi) is 6.07. The summed E-state index contributed by atoms with van der Waals surface area (Å²) in [5, 5.41) is 3.00. The highest BCUT2D eigenvalue weighted by atomic mass is 16.1. The SMILES string of the molecule is CC#CCNC(CN)CC(N)=O. The lowest BCUT2D eigenvalue weighted by Gasteiger charge is -2.12. The molecule has 4 nitrogen and oxygen atoms in total. The first kappa shape index (κ1) is 11.0. The van der Waals surface area contributed by atoms with Crippen molar-refractivity contribution in [3.05, 3.63) is 0 Å². The van der Waals surface area contributed by atoms with Crippen molar-refractivity contribution in [3.8, 4) is 11.8 Å². The molecule has 1 unspecified atom stereocenters. The molecule has 0 spiro atoms. The van der Waals surface area contributed by atoms with Gasteiger partial charge in [0, 0.05) is 19.0 Å². The predicted molar refractivity (Wildman–Crippen MR) is 48.1 cm³/mol. The topological polar surface area (TPSA) is 81.1 Å². The van der Waals surface area contributed by atoms with Crippen LogP contribution in [0.5, 0.6) is 0 Å². The number of rotatable bonds is 5. The Bertz CT molecular complexity index is 192. The summed E-state index contributed by atoms with van der Waals surface area (Å²) in [5.74, 6) is 5.20. The summed E-state index contributed by atoms with van der Waals surface area (Å²) in [6.45, 7) is 2.70. The van der Waals surface area contributed by atoms with E-state index in [9.17, 15) is 4.79 Å². The van der Waals surface area contributed by atoms with E-state index in [1.54, 1.807) is 6.92 Å². The number of amides is 1. The van der Waals surface area contributed by atoms with Crippen LogP contribution in [0.2, 0.25) is 0 Å². The molecule has 0 aliphatic heterocycles. The van der Waals surface area contributed by atoms with Crippen LogP contribution < -0.4 is 16.8 Å². The second-order valence-electron chi connectivity index (χ2n) is 2.41. The number of hydrogen-bond donors (Lipinski definition) is 3. The number of nitrogens with two attached hydrogens (primary N) is 2. The van der Waals surface area contributed by atoms with Crippen LogP contribution in [0.15, 0.2) is 0 Å². The van der Waals surface area contributed by atoms with E-state index >= 15 is 0 Å². The van der Waals surface area contributed by atoms with Crippen molar-refractivity contribution in [2.75, 3.05) is 13.1 Å². The Morgan fingerprint density at radius 1 is 1.67 bits per heavy atom. The Labute approximate surface area is 72.7 Å². The van der Waals surface area contributed by atoms with Gasteiger partial charge < -0.3 is 16.8 Å². The highest BCUT2D eigenvalue weighted by Gasteiger charge is 2.07. The summed E-state index contributed by atoms with van der Waals surface area (Å²) in [6.07, 6.45) is 0.266. The summed E-state index contributed by atoms with van der Waals surface area (Å²) >= 11 is 0. The molecule has 0 aromatic rings. The maximum absolute atomic E-state index is 10.5. The molecule has 4 heteroatoms. The van der Waals surface area contributed by atoms with Crippen LogP contribution in [-0.4, -0.2) is 25.0 Å². The van der Waals surface area contributed by atoms with Crippen molar-refractivity contribution in [2.45, 2.75) is 19.4 Å². The second-order valence-corrected chi connectivity index (χ2v) is 2.41. The predicted octanol–water partition coefficient (Wildman–Crippen LogP) is -1.20. The first-order valence-electron chi connectivity index (χ1n) is 3.82. The Balaban J connectivity index is 3.64. The zero-order valence-electron chi connectivity index (χ0n) is 7.26. The van der Waals surface area contributed by atoms with Gasteiger partial charge in [-0.05, 0) is 6.92 Å². The standard InChI is InChI=1S/C8H15N3O/c1-2-3-4-11-7(6-9)5-8(10)12/h7,11H,4-6,9H2,1H3,(H2,10,12). The molecule has 1 amide bonds. The van der Waals surface area contributed by atoms with Gasteiger partial charge >= 0.3 is 0 Å². The van der Waals surface area contributed by atoms with E-state index in [2.05, 4.69) is 17.2 Å². The molecule has 0 aliphatic carbocycles. The molecular weight excluding hydrogens is 154 g/mol. The minimum Gasteiger partial charge on any atom is -0.370 e. The third-order valence-electron chi connectivity index (χ3n) is 1.39. The van der Waals surface area contributed by atoms with Crippen LogP contribution in [0.1, 0.15) is 13.3 Å². The average Bonchev–Trinajstić information content (AvgIpc) is 2.02. The number of primary amides is 1. The first-order valence-corrected chi connectivity index (χ1v) is 3.82. The van der Waals surface area contributed by atoms with Crippen LogP contribution in [0, 0.1) is 11.8 Å². The Hall–Kier alpha value is -1.05. The minimum absolute atomic E-state index is 0.0525. The zero-order valence-corrected chi connectivity index (χ0v) is 7.26. The zero-order chi connectivity index (χ0) is 9.40. The second kappa shape index (κ2) is 6.65. The molecule has 0 saturated heterocycles. The Morgan fingerprint density at radius 3 is 2.75 bits per heavy atom. The number of carbonyl (C=O) groups excluding carboxylic acids is 1. The molecule has 12 heavy (non-hydrogen) atoms. The van der Waals surface area contributed by atoms with Crippen LogP contribution in [0.4, 0.5) is 0 Å². The van der Waals surface area contributed by atoms with Gasteiger partial charge in [0.25, 0.3) is 0 Å². The van der Waals surface area contributed by atoms with E-state index in [1.165, 1.54) is 0 Å². The minimum atomic E-state index is -0.345. The Morgan fingerprint density at radius 2 is 2.33 bits per heavy atom. The molecule has 0 aliphatic rings. The summed E-state index contributed by atoms with van der Waals surface area (Å²) in [6, 6.07) is -0.0525. The normalized spacial score (nSPS) is 11.5. The summed E-state index contributed by atoms with van der Waals surface area (Å²) < 4.78 is 0. The van der Waals surface area contributed by atoms with Gasteiger partial charge in [0.1, 0.15) is 0 Å². The van der Waals surface area contributed by atoms with Crippen molar-refractivity contribution in [3.63, 3.8) is 0 Å². The lowest BCUT2D eigenvalue weighted by atomic mass is 10.2. The lowest BCUT2D eigenvalue weighted by molar-refractivity contribution is -0.118. The lowest BCUT2D eigenvalue weighted by Crippen LogP contribution is -2.39. The number of carbonyl (C=O) groups is 1. The van der Waals surface area contributed by atoms with Crippen LogP contribution in [0.25, 0.3) is 0 Å². The molecule has 0 bridgehead atoms. The maximum atomic E-state index is 10.5. The van der Waals surface area contributed by atoms with Crippen molar-refractivity contribution in [1.82, 2.24) is 5.32 Å². The largest absolute Gasteiger partial charge is 0.370 e. The molecule has 0 aromatic heterocycles. The summed E-state index contributed by atoms with van der Waals surface area (Å²) in [7, 11) is 0. The van der Waals surface area contributed by atoms with E-state index < -0.39 is 0 Å². The molecule has 0 heterocycles. The fourth-order valence-electron chi connectivity index (χ4n) is 0.765. The summed E-state index contributed by atoms with van der Waals surface area (Å²) in [4.78, 5) is 10.5. The van der Waals surface area contributed by atoms with Crippen LogP contribution >= 0.6 is 0 Å². The molecule has 0 fully saturated rings. The van der Waals surface area contributed by atoms with E-state index in [-0.39, 0.29) is 18.4 Å². The fraction of sp³-hybridized carbons (Fsp3) is 0.625. The van der Waals surface area contributed by atoms with Crippen molar-refractivity contribution >= 4 is 5.91 Å². The average molecular weight is 169 g/mol. The van der Waals surface area contributed by atoms with E-state index in [1.807, 2.05) is 0 Å². The molecule has 0 radical (unpaired) electrons. The summed E-state index contributed by atoms with van der Waals surface area (Å²) in [5.41, 5.74) is 10.4. The monoisotopic (exact) mass is 169 g/mol. The molecule has 0 aromatic carbocycles. The molecule has 0 saturated carbocycles. The fourth-order valence-corrected chi connectivity index (χ4v) is 0.765. The first-order chi connectivity index (χ1) is 5.70. The number of hydrogen-bond acceptors (Lipinski definition) is 3. The van der Waals surface area contributed by atoms with Crippen molar-refractivity contribution in [1.29, 1.82) is 0 Å². The van der Waals surface area contributed by atoms with E-state index in [4.69, 9.17) is 11.5 Å². The number of nitrogens with one attached hydrogen (secondary N) is 1. The van der Waals surface area contributed by atoms with Gasteiger partial charge in [-0.15, -0.1) is 5.92 Å². The highest BCUT2D eigenvalue weighted by molar-refractivity contribution is 5.74. The van der Waals surface area contributed by atoms with Gasteiger partial charge in [0.05, 0.1) is 6.54 Å². The van der Waals surface area contributed by atoms with E-state index in [0.717, 1.165) is 0 Å². The van der Waals surface area contributed by atoms with Gasteiger partial charge in [0.15, 0.2) is 0 Å². The van der Waals surface area contributed by atoms with Gasteiger partial charge in [-0.25, -0.2) is 0 Å². The van der Waals surface area contributed by atoms with Crippen LogP contribution in [0.3, 0.4) is 0 Å². The van der Waals surface area contributed by atoms with Crippen molar-refractivity contribution < 1.29 is 4.79 Å². The van der Waals surface area contributed by atoms with Gasteiger partial charge in [-0.1, -0.05) is 5.92 Å². The van der Waals surface area contributed by atoms with Gasteiger partial charge in [0.2, 0.25) is 5.91 Å². The smallest absolute Gasteiger partial charge is 0.219 e. The molecule has 1 atom stereocenters. The molecule has 5 N–H and O–H groups in total. The van der Waals surface area contributed by atoms with Gasteiger partial charge in [-0.3, -0.25) is 4.79 Å².